The molecule has 1 saturated heterocycles. The fraction of sp³-hybridized carbons (Fsp3) is 0.500. The summed E-state index contributed by atoms with van der Waals surface area (Å²) < 4.78 is 5.64. The number of anilines is 2. The van der Waals surface area contributed by atoms with Crippen molar-refractivity contribution >= 4 is 17.3 Å². The maximum atomic E-state index is 12.6. The van der Waals surface area contributed by atoms with E-state index in [1.54, 1.807) is 0 Å². The van der Waals surface area contributed by atoms with E-state index in [-0.39, 0.29) is 5.91 Å². The molecule has 1 atom stereocenters. The molecule has 0 bridgehead atoms. The monoisotopic (exact) mass is 246 g/mol. The molecule has 2 heterocycles. The highest BCUT2D eigenvalue weighted by atomic mass is 16.5. The lowest BCUT2D eigenvalue weighted by Crippen LogP contribution is -2.46. The minimum atomic E-state index is -0.647. The van der Waals surface area contributed by atoms with Crippen molar-refractivity contribution in [3.63, 3.8) is 0 Å². The third-order valence-electron chi connectivity index (χ3n) is 3.92. The standard InChI is InChI=1S/C14H18N2O2/c1-14(6-2-8-18-14)13(17)16-7-5-10-3-4-11(15)9-12(10)16/h3-4,9H,2,5-8,15H2,1H3. The van der Waals surface area contributed by atoms with Crippen LogP contribution in [0.3, 0.4) is 0 Å². The van der Waals surface area contributed by atoms with Crippen LogP contribution in [0.1, 0.15) is 25.3 Å². The summed E-state index contributed by atoms with van der Waals surface area (Å²) >= 11 is 0. The minimum absolute atomic E-state index is 0.0735. The van der Waals surface area contributed by atoms with Gasteiger partial charge in [-0.2, -0.15) is 0 Å². The number of nitrogens with zero attached hydrogens (tertiary/aromatic N) is 1. The molecule has 1 amide bonds. The molecular weight excluding hydrogens is 228 g/mol. The summed E-state index contributed by atoms with van der Waals surface area (Å²) in [4.78, 5) is 14.4. The zero-order valence-corrected chi connectivity index (χ0v) is 10.6. The largest absolute Gasteiger partial charge is 0.399 e. The second kappa shape index (κ2) is 3.99. The van der Waals surface area contributed by atoms with E-state index >= 15 is 0 Å². The van der Waals surface area contributed by atoms with Crippen molar-refractivity contribution in [2.45, 2.75) is 31.8 Å². The van der Waals surface area contributed by atoms with E-state index in [1.165, 1.54) is 5.56 Å². The molecule has 0 radical (unpaired) electrons. The first-order chi connectivity index (χ1) is 8.60. The Kier molecular flexibility index (Phi) is 2.55. The van der Waals surface area contributed by atoms with Crippen LogP contribution in [0.25, 0.3) is 0 Å². The first kappa shape index (κ1) is 11.5. The lowest BCUT2D eigenvalue weighted by Gasteiger charge is -2.28. The predicted molar refractivity (Wildman–Crippen MR) is 70.5 cm³/mol. The maximum absolute atomic E-state index is 12.6. The van der Waals surface area contributed by atoms with Gasteiger partial charge < -0.3 is 15.4 Å². The number of carbonyl (C=O) groups is 1. The Hall–Kier alpha value is -1.55. The number of nitrogens with two attached hydrogens (primary N) is 1. The topological polar surface area (TPSA) is 55.6 Å². The molecule has 4 heteroatoms. The summed E-state index contributed by atoms with van der Waals surface area (Å²) in [5.41, 5.74) is 8.01. The highest BCUT2D eigenvalue weighted by molar-refractivity contribution is 6.01. The summed E-state index contributed by atoms with van der Waals surface area (Å²) in [5.74, 6) is 0.0735. The number of amides is 1. The van der Waals surface area contributed by atoms with Gasteiger partial charge >= 0.3 is 0 Å². The van der Waals surface area contributed by atoms with Gasteiger partial charge in [-0.1, -0.05) is 6.07 Å². The normalized spacial score (nSPS) is 26.4. The van der Waals surface area contributed by atoms with Crippen LogP contribution in [-0.2, 0) is 16.0 Å². The molecule has 2 N–H and O–H groups in total. The van der Waals surface area contributed by atoms with Crippen molar-refractivity contribution in [2.24, 2.45) is 0 Å². The second-order valence-electron chi connectivity index (χ2n) is 5.28. The van der Waals surface area contributed by atoms with E-state index < -0.39 is 5.60 Å². The Morgan fingerprint density at radius 3 is 3.06 bits per heavy atom. The number of benzene rings is 1. The van der Waals surface area contributed by atoms with Gasteiger partial charge in [0.2, 0.25) is 0 Å². The zero-order valence-electron chi connectivity index (χ0n) is 10.6. The van der Waals surface area contributed by atoms with Crippen molar-refractivity contribution < 1.29 is 9.53 Å². The van der Waals surface area contributed by atoms with Gasteiger partial charge in [0.15, 0.2) is 0 Å². The Labute approximate surface area is 107 Å². The molecule has 18 heavy (non-hydrogen) atoms. The van der Waals surface area contributed by atoms with Crippen molar-refractivity contribution in [2.75, 3.05) is 23.8 Å². The van der Waals surface area contributed by atoms with Gasteiger partial charge in [0.25, 0.3) is 5.91 Å². The highest BCUT2D eigenvalue weighted by Crippen LogP contribution is 2.35. The molecule has 1 fully saturated rings. The number of hydrogen-bond donors (Lipinski definition) is 1. The molecule has 2 aliphatic rings. The molecule has 4 nitrogen and oxygen atoms in total. The number of fused-ring (bicyclic) bond motifs is 1. The predicted octanol–water partition coefficient (Wildman–Crippen LogP) is 1.73. The number of ether oxygens (including phenoxy) is 1. The fourth-order valence-corrected chi connectivity index (χ4v) is 2.84. The van der Waals surface area contributed by atoms with E-state index in [9.17, 15) is 4.79 Å². The van der Waals surface area contributed by atoms with Gasteiger partial charge in [-0.15, -0.1) is 0 Å². The van der Waals surface area contributed by atoms with E-state index in [1.807, 2.05) is 30.0 Å². The average Bonchev–Trinajstić information content (AvgIpc) is 2.95. The van der Waals surface area contributed by atoms with Gasteiger partial charge in [0, 0.05) is 24.5 Å². The van der Waals surface area contributed by atoms with Gasteiger partial charge in [-0.25, -0.2) is 0 Å². The SMILES string of the molecule is CC1(C(=O)N2CCc3ccc(N)cc32)CCCO1. The molecule has 0 aliphatic carbocycles. The average molecular weight is 246 g/mol. The van der Waals surface area contributed by atoms with Crippen LogP contribution in [0.2, 0.25) is 0 Å². The van der Waals surface area contributed by atoms with Crippen molar-refractivity contribution in [3.05, 3.63) is 23.8 Å². The molecule has 96 valence electrons. The summed E-state index contributed by atoms with van der Waals surface area (Å²) in [6.07, 6.45) is 2.66. The summed E-state index contributed by atoms with van der Waals surface area (Å²) in [7, 11) is 0. The minimum Gasteiger partial charge on any atom is -0.399 e. The van der Waals surface area contributed by atoms with Crippen LogP contribution < -0.4 is 10.6 Å². The van der Waals surface area contributed by atoms with Crippen LogP contribution in [0, 0.1) is 0 Å². The molecular formula is C14H18N2O2. The van der Waals surface area contributed by atoms with Crippen LogP contribution in [-0.4, -0.2) is 24.7 Å². The molecule has 3 rings (SSSR count). The van der Waals surface area contributed by atoms with Gasteiger partial charge in [-0.05, 0) is 43.9 Å². The van der Waals surface area contributed by atoms with Gasteiger partial charge in [0.1, 0.15) is 5.60 Å². The van der Waals surface area contributed by atoms with Crippen molar-refractivity contribution in [1.29, 1.82) is 0 Å². The molecule has 1 aromatic rings. The Morgan fingerprint density at radius 2 is 2.33 bits per heavy atom. The van der Waals surface area contributed by atoms with E-state index in [2.05, 4.69) is 0 Å². The van der Waals surface area contributed by atoms with Crippen LogP contribution >= 0.6 is 0 Å². The quantitative estimate of drug-likeness (QED) is 0.768. The first-order valence-electron chi connectivity index (χ1n) is 6.44. The number of carbonyl (C=O) groups excluding carboxylic acids is 1. The van der Waals surface area contributed by atoms with Crippen LogP contribution in [0.5, 0.6) is 0 Å². The number of hydrogen-bond acceptors (Lipinski definition) is 3. The molecule has 0 saturated carbocycles. The van der Waals surface area contributed by atoms with Crippen LogP contribution in [0.4, 0.5) is 11.4 Å². The lowest BCUT2D eigenvalue weighted by atomic mass is 10.0. The summed E-state index contributed by atoms with van der Waals surface area (Å²) in [5, 5.41) is 0. The van der Waals surface area contributed by atoms with E-state index in [4.69, 9.17) is 10.5 Å². The van der Waals surface area contributed by atoms with Crippen LogP contribution in [0.15, 0.2) is 18.2 Å². The van der Waals surface area contributed by atoms with Crippen molar-refractivity contribution in [3.8, 4) is 0 Å². The third-order valence-corrected chi connectivity index (χ3v) is 3.92. The molecule has 1 unspecified atom stereocenters. The molecule has 0 aromatic heterocycles. The summed E-state index contributed by atoms with van der Waals surface area (Å²) in [6, 6.07) is 5.79. The fourth-order valence-electron chi connectivity index (χ4n) is 2.84. The molecule has 1 aromatic carbocycles. The zero-order chi connectivity index (χ0) is 12.8. The lowest BCUT2D eigenvalue weighted by molar-refractivity contribution is -0.136. The van der Waals surface area contributed by atoms with E-state index in [0.717, 1.165) is 31.5 Å². The van der Waals surface area contributed by atoms with Gasteiger partial charge in [0.05, 0.1) is 0 Å². The van der Waals surface area contributed by atoms with E-state index in [0.29, 0.717) is 12.3 Å². The Balaban J connectivity index is 1.92. The second-order valence-corrected chi connectivity index (χ2v) is 5.28. The number of rotatable bonds is 1. The highest BCUT2D eigenvalue weighted by Gasteiger charge is 2.42. The Morgan fingerprint density at radius 1 is 1.50 bits per heavy atom. The van der Waals surface area contributed by atoms with Gasteiger partial charge in [-0.3, -0.25) is 4.79 Å². The molecule has 2 aliphatic heterocycles. The smallest absolute Gasteiger partial charge is 0.258 e. The third kappa shape index (κ3) is 1.68. The first-order valence-corrected chi connectivity index (χ1v) is 6.44. The Bertz CT molecular complexity index is 493. The van der Waals surface area contributed by atoms with Crippen molar-refractivity contribution in [1.82, 2.24) is 0 Å². The summed E-state index contributed by atoms with van der Waals surface area (Å²) in [6.45, 7) is 3.31. The molecule has 0 spiro atoms. The number of nitrogen functional groups attached to an aromatic ring is 1. The maximum Gasteiger partial charge on any atom is 0.258 e.